The fourth-order valence-electron chi connectivity index (χ4n) is 8.10. The van der Waals surface area contributed by atoms with Gasteiger partial charge in [0.05, 0.1) is 23.6 Å². The second-order valence-electron chi connectivity index (χ2n) is 13.8. The number of primary amides is 1. The van der Waals surface area contributed by atoms with Gasteiger partial charge in [-0.25, -0.2) is 0 Å². The van der Waals surface area contributed by atoms with Gasteiger partial charge in [0.1, 0.15) is 28.6 Å². The number of fused-ring (bicyclic) bond motifs is 3. The van der Waals surface area contributed by atoms with E-state index in [4.69, 9.17) is 10.5 Å². The van der Waals surface area contributed by atoms with E-state index in [-0.39, 0.29) is 34.3 Å². The Labute approximate surface area is 279 Å². The van der Waals surface area contributed by atoms with Crippen molar-refractivity contribution in [1.29, 1.82) is 0 Å². The van der Waals surface area contributed by atoms with E-state index in [0.717, 1.165) is 11.1 Å². The number of likely N-dealkylation sites (N-methyl/N-ethyl adjacent to an activating group) is 2. The van der Waals surface area contributed by atoms with E-state index in [0.29, 0.717) is 50.2 Å². The number of para-hydroxylation sites is 1. The Morgan fingerprint density at radius 2 is 1.77 bits per heavy atom. The van der Waals surface area contributed by atoms with Crippen molar-refractivity contribution in [2.45, 2.75) is 32.2 Å². The number of phenolic OH excluding ortho intramolecular Hbond substituents is 1. The van der Waals surface area contributed by atoms with Gasteiger partial charge in [0.15, 0.2) is 11.6 Å². The molecule has 0 aromatic heterocycles. The van der Waals surface area contributed by atoms with Crippen molar-refractivity contribution in [1.82, 2.24) is 14.7 Å². The second kappa shape index (κ2) is 12.4. The first-order chi connectivity index (χ1) is 22.7. The van der Waals surface area contributed by atoms with Gasteiger partial charge in [0, 0.05) is 24.6 Å². The first kappa shape index (κ1) is 33.2. The Morgan fingerprint density at radius 1 is 1.06 bits per heavy atom. The molecule has 2 aromatic carbocycles. The third kappa shape index (κ3) is 5.31. The molecule has 0 unspecified atom stereocenters. The van der Waals surface area contributed by atoms with Crippen LogP contribution >= 0.6 is 0 Å². The van der Waals surface area contributed by atoms with Crippen molar-refractivity contribution in [3.8, 4) is 11.5 Å². The molecular formula is C37H42N4O7. The number of ether oxygens (including phenoxy) is 1. The summed E-state index contributed by atoms with van der Waals surface area (Å²) in [7, 11) is 7.22. The Balaban J connectivity index is 1.51. The molecule has 0 bridgehead atoms. The number of phenols is 1. The SMILES string of the molecule is CN(C)CC(=O)N1CC=C(c2ccc(O)c3c2C[C@H]2C[C@H]4[C@@H](N(C)C)C(O)=C(C(N)=O)C(=O)[C@@]4(C)C(Oc4ccccc4)=C2C3=O)CC1. The number of rotatable bonds is 7. The molecule has 0 fully saturated rings. The number of aliphatic hydroxyl groups excluding tert-OH is 1. The zero-order valence-electron chi connectivity index (χ0n) is 27.9. The van der Waals surface area contributed by atoms with Crippen molar-refractivity contribution < 1.29 is 34.1 Å². The second-order valence-corrected chi connectivity index (χ2v) is 13.8. The molecule has 4 atom stereocenters. The normalized spacial score (nSPS) is 25.5. The molecule has 4 N–H and O–H groups in total. The molecule has 252 valence electrons. The molecule has 0 radical (unpaired) electrons. The number of aromatic hydroxyl groups is 1. The monoisotopic (exact) mass is 654 g/mol. The van der Waals surface area contributed by atoms with Gasteiger partial charge >= 0.3 is 0 Å². The molecule has 1 aliphatic heterocycles. The smallest absolute Gasteiger partial charge is 0.255 e. The minimum absolute atomic E-state index is 0.0402. The summed E-state index contributed by atoms with van der Waals surface area (Å²) in [6, 6.07) is 11.4. The number of carbonyl (C=O) groups excluding carboxylic acids is 4. The fraction of sp³-hybridized carbons (Fsp3) is 0.405. The number of ketones is 2. The quantitative estimate of drug-likeness (QED) is 0.382. The molecule has 2 amide bonds. The number of amides is 2. The molecule has 0 saturated carbocycles. The number of nitrogens with zero attached hydrogens (tertiary/aromatic N) is 3. The molecule has 11 nitrogen and oxygen atoms in total. The van der Waals surface area contributed by atoms with Crippen molar-refractivity contribution in [3.05, 3.63) is 87.9 Å². The van der Waals surface area contributed by atoms with E-state index < -0.39 is 46.3 Å². The van der Waals surface area contributed by atoms with Crippen LogP contribution in [-0.2, 0) is 20.8 Å². The Bertz CT molecular complexity index is 1810. The molecule has 11 heteroatoms. The molecule has 2 aromatic rings. The zero-order chi connectivity index (χ0) is 34.7. The molecule has 0 saturated heterocycles. The maximum absolute atomic E-state index is 14.7. The zero-order valence-corrected chi connectivity index (χ0v) is 27.9. The number of hydrogen-bond acceptors (Lipinski definition) is 9. The van der Waals surface area contributed by atoms with Gasteiger partial charge in [-0.15, -0.1) is 0 Å². The Kier molecular flexibility index (Phi) is 8.55. The summed E-state index contributed by atoms with van der Waals surface area (Å²) < 4.78 is 6.52. The molecule has 0 spiro atoms. The van der Waals surface area contributed by atoms with Gasteiger partial charge in [0.2, 0.25) is 5.91 Å². The lowest BCUT2D eigenvalue weighted by Crippen LogP contribution is -2.59. The minimum atomic E-state index is -1.54. The lowest BCUT2D eigenvalue weighted by molar-refractivity contribution is -0.134. The van der Waals surface area contributed by atoms with Crippen LogP contribution in [0.1, 0.15) is 41.3 Å². The van der Waals surface area contributed by atoms with Crippen molar-refractivity contribution in [2.24, 2.45) is 23.0 Å². The maximum Gasteiger partial charge on any atom is 0.255 e. The van der Waals surface area contributed by atoms with Crippen LogP contribution in [0.4, 0.5) is 0 Å². The van der Waals surface area contributed by atoms with E-state index in [1.807, 2.05) is 37.2 Å². The molecule has 3 aliphatic carbocycles. The highest BCUT2D eigenvalue weighted by molar-refractivity contribution is 6.23. The highest BCUT2D eigenvalue weighted by Gasteiger charge is 2.62. The summed E-state index contributed by atoms with van der Waals surface area (Å²) in [5, 5.41) is 22.5. The number of allylic oxidation sites excluding steroid dienone is 2. The van der Waals surface area contributed by atoms with Crippen LogP contribution in [0.25, 0.3) is 5.57 Å². The number of aliphatic hydroxyl groups is 1. The standard InChI is InChI=1S/C37H42N4O7/c1-37-25(31(40(4)5)33(45)30(34(37)46)36(38)47)18-21-17-24-23(20-13-15-41(16-14-20)27(43)19-39(2)3)11-12-26(42)29(24)32(44)28(21)35(37)48-22-9-7-6-8-10-22/h6-13,21,25,31,42,45H,14-19H2,1-5H3,(H2,38,47)/t21-,25-,31+,37-/m0/s1. The van der Waals surface area contributed by atoms with Gasteiger partial charge in [0.25, 0.3) is 5.91 Å². The summed E-state index contributed by atoms with van der Waals surface area (Å²) in [5.74, 6) is -3.24. The number of nitrogens with two attached hydrogens (primary N) is 1. The van der Waals surface area contributed by atoms with Gasteiger partial charge in [-0.3, -0.25) is 24.1 Å². The number of hydrogen-bond donors (Lipinski definition) is 3. The van der Waals surface area contributed by atoms with E-state index >= 15 is 0 Å². The number of benzene rings is 2. The minimum Gasteiger partial charge on any atom is -0.510 e. The van der Waals surface area contributed by atoms with Crippen LogP contribution in [0.5, 0.6) is 11.5 Å². The van der Waals surface area contributed by atoms with Gasteiger partial charge in [-0.1, -0.05) is 30.3 Å². The lowest BCUT2D eigenvalue weighted by Gasteiger charge is -2.52. The summed E-state index contributed by atoms with van der Waals surface area (Å²) >= 11 is 0. The van der Waals surface area contributed by atoms with Crippen LogP contribution in [0.15, 0.2) is 71.2 Å². The Morgan fingerprint density at radius 3 is 2.38 bits per heavy atom. The third-order valence-corrected chi connectivity index (χ3v) is 10.4. The molecule has 4 aliphatic rings. The van der Waals surface area contributed by atoms with E-state index in [9.17, 15) is 29.4 Å². The molecule has 48 heavy (non-hydrogen) atoms. The lowest BCUT2D eigenvalue weighted by atomic mass is 9.53. The molecule has 6 rings (SSSR count). The van der Waals surface area contributed by atoms with Crippen LogP contribution in [0, 0.1) is 17.3 Å². The Hall–Kier alpha value is -4.74. The first-order valence-electron chi connectivity index (χ1n) is 16.2. The predicted octanol–water partition coefficient (Wildman–Crippen LogP) is 3.09. The highest BCUT2D eigenvalue weighted by Crippen LogP contribution is 2.57. The topological polar surface area (TPSA) is 154 Å². The summed E-state index contributed by atoms with van der Waals surface area (Å²) in [6.45, 7) is 2.95. The average molecular weight is 655 g/mol. The fourth-order valence-corrected chi connectivity index (χ4v) is 8.10. The summed E-state index contributed by atoms with van der Waals surface area (Å²) in [4.78, 5) is 59.8. The first-order valence-corrected chi connectivity index (χ1v) is 16.2. The van der Waals surface area contributed by atoms with Gasteiger partial charge in [-0.2, -0.15) is 0 Å². The highest BCUT2D eigenvalue weighted by atomic mass is 16.5. The maximum atomic E-state index is 14.7. The largest absolute Gasteiger partial charge is 0.510 e. The van der Waals surface area contributed by atoms with Crippen molar-refractivity contribution in [2.75, 3.05) is 47.8 Å². The average Bonchev–Trinajstić information content (AvgIpc) is 3.02. The molecular weight excluding hydrogens is 612 g/mol. The van der Waals surface area contributed by atoms with E-state index in [2.05, 4.69) is 0 Å². The summed E-state index contributed by atoms with van der Waals surface area (Å²) in [6.07, 6.45) is 3.30. The van der Waals surface area contributed by atoms with Gasteiger partial charge < -0.3 is 30.5 Å². The van der Waals surface area contributed by atoms with E-state index in [1.54, 1.807) is 55.1 Å². The van der Waals surface area contributed by atoms with Crippen LogP contribution < -0.4 is 10.5 Å². The number of carbonyl (C=O) groups is 4. The summed E-state index contributed by atoms with van der Waals surface area (Å²) in [5.41, 5.74) is 6.61. The van der Waals surface area contributed by atoms with Crippen LogP contribution in [0.2, 0.25) is 0 Å². The van der Waals surface area contributed by atoms with Crippen molar-refractivity contribution >= 4 is 29.0 Å². The third-order valence-electron chi connectivity index (χ3n) is 10.4. The van der Waals surface area contributed by atoms with Crippen LogP contribution in [-0.4, -0.2) is 102 Å². The van der Waals surface area contributed by atoms with Crippen LogP contribution in [0.3, 0.4) is 0 Å². The van der Waals surface area contributed by atoms with Crippen molar-refractivity contribution in [3.63, 3.8) is 0 Å². The predicted molar refractivity (Wildman–Crippen MR) is 179 cm³/mol. The number of Topliss-reactive ketones (excluding diaryl/α,β-unsaturated/α-hetero) is 2. The van der Waals surface area contributed by atoms with E-state index in [1.165, 1.54) is 6.07 Å². The van der Waals surface area contributed by atoms with Gasteiger partial charge in [-0.05, 0) is 95.2 Å². The molecule has 1 heterocycles.